The van der Waals surface area contributed by atoms with Gasteiger partial charge in [0, 0.05) is 18.7 Å². The number of hydrogen-bond donors (Lipinski definition) is 2. The van der Waals surface area contributed by atoms with E-state index in [2.05, 4.69) is 10.0 Å². The van der Waals surface area contributed by atoms with Crippen LogP contribution in [0.15, 0.2) is 71.6 Å². The van der Waals surface area contributed by atoms with E-state index in [-0.39, 0.29) is 47.0 Å². The fourth-order valence-electron chi connectivity index (χ4n) is 3.55. The van der Waals surface area contributed by atoms with Gasteiger partial charge in [0.2, 0.25) is 5.91 Å². The molecule has 0 atom stereocenters. The number of para-hydroxylation sites is 3. The summed E-state index contributed by atoms with van der Waals surface area (Å²) in [7, 11) is -3.95. The monoisotopic (exact) mass is 499 g/mol. The lowest BCUT2D eigenvalue weighted by Crippen LogP contribution is -2.40. The molecule has 10 heteroatoms. The maximum atomic E-state index is 13.0. The Morgan fingerprint density at radius 2 is 1.82 bits per heavy atom. The summed E-state index contributed by atoms with van der Waals surface area (Å²) in [6, 6.07) is 18.3. The van der Waals surface area contributed by atoms with Gasteiger partial charge in [0.1, 0.15) is 5.75 Å². The van der Waals surface area contributed by atoms with Crippen LogP contribution in [0.2, 0.25) is 5.02 Å². The zero-order valence-electron chi connectivity index (χ0n) is 18.2. The fraction of sp³-hybridized carbons (Fsp3) is 0.167. The number of rotatable bonds is 7. The molecule has 0 aromatic heterocycles. The van der Waals surface area contributed by atoms with Gasteiger partial charge < -0.3 is 15.0 Å². The molecule has 1 aliphatic heterocycles. The molecular weight excluding hydrogens is 478 g/mol. The summed E-state index contributed by atoms with van der Waals surface area (Å²) in [4.78, 5) is 26.4. The second-order valence-corrected chi connectivity index (χ2v) is 9.72. The van der Waals surface area contributed by atoms with Crippen molar-refractivity contribution >= 4 is 50.5 Å². The average Bonchev–Trinajstić information content (AvgIpc) is 2.81. The molecule has 3 aromatic carbocycles. The van der Waals surface area contributed by atoms with Crippen molar-refractivity contribution in [2.75, 3.05) is 28.1 Å². The Labute approximate surface area is 202 Å². The van der Waals surface area contributed by atoms with Gasteiger partial charge in [-0.05, 0) is 48.9 Å². The minimum absolute atomic E-state index is 0.0162. The number of hydrogen-bond acceptors (Lipinski definition) is 5. The first-order valence-corrected chi connectivity index (χ1v) is 12.3. The van der Waals surface area contributed by atoms with Gasteiger partial charge in [-0.2, -0.15) is 0 Å². The summed E-state index contributed by atoms with van der Waals surface area (Å²) in [5.41, 5.74) is 1.70. The van der Waals surface area contributed by atoms with E-state index in [9.17, 15) is 18.0 Å². The number of aryl methyl sites for hydroxylation is 1. The molecular formula is C24H22ClN3O5S. The number of nitrogens with one attached hydrogen (secondary N) is 2. The third-order valence-corrected chi connectivity index (χ3v) is 7.09. The molecule has 0 spiro atoms. The lowest BCUT2D eigenvalue weighted by atomic mass is 10.2. The van der Waals surface area contributed by atoms with Crippen LogP contribution in [0, 0.1) is 6.92 Å². The number of benzene rings is 3. The van der Waals surface area contributed by atoms with Gasteiger partial charge in [-0.1, -0.05) is 41.9 Å². The topological polar surface area (TPSA) is 105 Å². The molecule has 0 saturated heterocycles. The van der Waals surface area contributed by atoms with Crippen molar-refractivity contribution in [3.8, 4) is 5.75 Å². The fourth-order valence-corrected chi connectivity index (χ4v) is 5.14. The van der Waals surface area contributed by atoms with Crippen molar-refractivity contribution < 1.29 is 22.7 Å². The smallest absolute Gasteiger partial charge is 0.265 e. The molecule has 176 valence electrons. The standard InChI is InChI=1S/C24H22ClN3O5S/c1-16-10-11-17(14-22(16)34(31,32)27-19-7-3-2-6-18(19)25)26-23(29)12-13-28-20-8-4-5-9-21(20)33-15-24(28)30/h2-11,14,27H,12-13,15H2,1H3,(H,26,29). The summed E-state index contributed by atoms with van der Waals surface area (Å²) < 4.78 is 33.8. The van der Waals surface area contributed by atoms with E-state index in [1.807, 2.05) is 6.07 Å². The first kappa shape index (κ1) is 23.6. The lowest BCUT2D eigenvalue weighted by molar-refractivity contribution is -0.121. The number of carbonyl (C=O) groups is 2. The quantitative estimate of drug-likeness (QED) is 0.507. The molecule has 4 rings (SSSR count). The number of amides is 2. The van der Waals surface area contributed by atoms with E-state index < -0.39 is 10.0 Å². The number of sulfonamides is 1. The van der Waals surface area contributed by atoms with Crippen molar-refractivity contribution in [3.63, 3.8) is 0 Å². The zero-order valence-corrected chi connectivity index (χ0v) is 19.8. The van der Waals surface area contributed by atoms with E-state index >= 15 is 0 Å². The molecule has 2 amide bonds. The van der Waals surface area contributed by atoms with Gasteiger partial charge >= 0.3 is 0 Å². The Morgan fingerprint density at radius 3 is 2.62 bits per heavy atom. The molecule has 34 heavy (non-hydrogen) atoms. The molecule has 0 fully saturated rings. The summed E-state index contributed by atoms with van der Waals surface area (Å²) >= 11 is 6.08. The first-order chi connectivity index (χ1) is 16.2. The maximum Gasteiger partial charge on any atom is 0.265 e. The highest BCUT2D eigenvalue weighted by molar-refractivity contribution is 7.92. The van der Waals surface area contributed by atoms with Crippen LogP contribution in [-0.4, -0.2) is 33.4 Å². The van der Waals surface area contributed by atoms with E-state index in [0.717, 1.165) is 0 Å². The second kappa shape index (κ2) is 9.74. The highest BCUT2D eigenvalue weighted by Gasteiger charge is 2.25. The van der Waals surface area contributed by atoms with Crippen LogP contribution in [0.3, 0.4) is 0 Å². The minimum atomic E-state index is -3.95. The Balaban J connectivity index is 1.46. The van der Waals surface area contributed by atoms with Crippen LogP contribution in [0.5, 0.6) is 5.75 Å². The molecule has 8 nitrogen and oxygen atoms in total. The second-order valence-electron chi connectivity index (χ2n) is 7.67. The Kier molecular flexibility index (Phi) is 6.76. The van der Waals surface area contributed by atoms with Gasteiger partial charge in [0.15, 0.2) is 6.61 Å². The minimum Gasteiger partial charge on any atom is -0.482 e. The van der Waals surface area contributed by atoms with Gasteiger partial charge in [-0.25, -0.2) is 8.42 Å². The molecule has 0 aliphatic carbocycles. The van der Waals surface area contributed by atoms with Crippen molar-refractivity contribution in [1.29, 1.82) is 0 Å². The SMILES string of the molecule is Cc1ccc(NC(=O)CCN2C(=O)COc3ccccc32)cc1S(=O)(=O)Nc1ccccc1Cl. The van der Waals surface area contributed by atoms with Crippen molar-refractivity contribution in [2.24, 2.45) is 0 Å². The molecule has 1 aliphatic rings. The Morgan fingerprint density at radius 1 is 1.09 bits per heavy atom. The van der Waals surface area contributed by atoms with Crippen molar-refractivity contribution in [2.45, 2.75) is 18.2 Å². The number of carbonyl (C=O) groups excluding carboxylic acids is 2. The molecule has 0 unspecified atom stereocenters. The van der Waals surface area contributed by atoms with E-state index in [4.69, 9.17) is 16.3 Å². The van der Waals surface area contributed by atoms with Crippen LogP contribution in [0.1, 0.15) is 12.0 Å². The van der Waals surface area contributed by atoms with Gasteiger partial charge in [0.25, 0.3) is 15.9 Å². The van der Waals surface area contributed by atoms with Crippen molar-refractivity contribution in [1.82, 2.24) is 0 Å². The Bertz CT molecular complexity index is 1360. The first-order valence-electron chi connectivity index (χ1n) is 10.4. The van der Waals surface area contributed by atoms with Crippen LogP contribution >= 0.6 is 11.6 Å². The lowest BCUT2D eigenvalue weighted by Gasteiger charge is -2.29. The summed E-state index contributed by atoms with van der Waals surface area (Å²) in [5, 5.41) is 2.98. The average molecular weight is 500 g/mol. The predicted molar refractivity (Wildman–Crippen MR) is 131 cm³/mol. The third-order valence-electron chi connectivity index (χ3n) is 5.25. The number of anilines is 3. The van der Waals surface area contributed by atoms with E-state index in [1.165, 1.54) is 11.0 Å². The highest BCUT2D eigenvalue weighted by Crippen LogP contribution is 2.31. The third kappa shape index (κ3) is 5.16. The Hall–Kier alpha value is -3.56. The molecule has 1 heterocycles. The van der Waals surface area contributed by atoms with Crippen LogP contribution < -0.4 is 19.7 Å². The van der Waals surface area contributed by atoms with Crippen LogP contribution in [0.4, 0.5) is 17.1 Å². The molecule has 2 N–H and O–H groups in total. The van der Waals surface area contributed by atoms with Gasteiger partial charge in [-0.15, -0.1) is 0 Å². The molecule has 0 saturated carbocycles. The molecule has 0 radical (unpaired) electrons. The summed E-state index contributed by atoms with van der Waals surface area (Å²) in [6.45, 7) is 1.74. The highest BCUT2D eigenvalue weighted by atomic mass is 35.5. The zero-order chi connectivity index (χ0) is 24.3. The summed E-state index contributed by atoms with van der Waals surface area (Å²) in [6.07, 6.45) is 0.0217. The number of ether oxygens (including phenoxy) is 1. The van der Waals surface area contributed by atoms with E-state index in [1.54, 1.807) is 61.5 Å². The number of fused-ring (bicyclic) bond motifs is 1. The normalized spacial score (nSPS) is 13.1. The van der Waals surface area contributed by atoms with Crippen LogP contribution in [-0.2, 0) is 19.6 Å². The van der Waals surface area contributed by atoms with Crippen molar-refractivity contribution in [3.05, 3.63) is 77.3 Å². The largest absolute Gasteiger partial charge is 0.482 e. The molecule has 3 aromatic rings. The van der Waals surface area contributed by atoms with Crippen LogP contribution in [0.25, 0.3) is 0 Å². The number of halogens is 1. The maximum absolute atomic E-state index is 13.0. The number of nitrogens with zero attached hydrogens (tertiary/aromatic N) is 1. The molecule has 0 bridgehead atoms. The summed E-state index contributed by atoms with van der Waals surface area (Å²) in [5.74, 6) is -0.00851. The van der Waals surface area contributed by atoms with Gasteiger partial charge in [-0.3, -0.25) is 14.3 Å². The van der Waals surface area contributed by atoms with Gasteiger partial charge in [0.05, 0.1) is 21.3 Å². The van der Waals surface area contributed by atoms with E-state index in [0.29, 0.717) is 22.7 Å². The predicted octanol–water partition coefficient (Wildman–Crippen LogP) is 4.20.